The molecule has 0 atom stereocenters. The van der Waals surface area contributed by atoms with Crippen LogP contribution in [0, 0.1) is 5.82 Å². The molecule has 2 N–H and O–H groups in total. The van der Waals surface area contributed by atoms with Gasteiger partial charge in [-0.2, -0.15) is 0 Å². The molecule has 0 aliphatic carbocycles. The summed E-state index contributed by atoms with van der Waals surface area (Å²) >= 11 is 1.53. The number of benzene rings is 1. The average molecular weight is 251 g/mol. The summed E-state index contributed by atoms with van der Waals surface area (Å²) in [5, 5.41) is 13.7. The van der Waals surface area contributed by atoms with Crippen LogP contribution in [0.3, 0.4) is 0 Å². The summed E-state index contributed by atoms with van der Waals surface area (Å²) in [4.78, 5) is 11.9. The fourth-order valence-electron chi connectivity index (χ4n) is 1.47. The summed E-state index contributed by atoms with van der Waals surface area (Å²) < 4.78 is 13.5. The minimum Gasteiger partial charge on any atom is -0.478 e. The molecule has 0 bridgehead atoms. The lowest BCUT2D eigenvalue weighted by atomic mass is 10.1. The van der Waals surface area contributed by atoms with Crippen LogP contribution in [0.5, 0.6) is 0 Å². The number of halogens is 1. The lowest BCUT2D eigenvalue weighted by Gasteiger charge is -2.09. The Morgan fingerprint density at radius 2 is 2.18 bits per heavy atom. The Hall–Kier alpha value is -1.88. The molecule has 0 amide bonds. The van der Waals surface area contributed by atoms with E-state index in [0.29, 0.717) is 6.54 Å². The predicted molar refractivity (Wildman–Crippen MR) is 65.0 cm³/mol. The standard InChI is InChI=1S/C12H10FNO2S/c13-10-5-1-4-9(12(15)16)11(10)14-7-8-3-2-6-17-8/h1-6,14H,7H2,(H,15,16). The molecule has 1 aromatic carbocycles. The number of aromatic carboxylic acids is 1. The first-order valence-electron chi connectivity index (χ1n) is 4.96. The van der Waals surface area contributed by atoms with Gasteiger partial charge < -0.3 is 10.4 Å². The maximum atomic E-state index is 13.5. The van der Waals surface area contributed by atoms with E-state index in [1.54, 1.807) is 0 Å². The van der Waals surface area contributed by atoms with Crippen molar-refractivity contribution >= 4 is 23.0 Å². The van der Waals surface area contributed by atoms with Crippen molar-refractivity contribution in [1.29, 1.82) is 0 Å². The van der Waals surface area contributed by atoms with Gasteiger partial charge in [0.1, 0.15) is 5.82 Å². The molecule has 0 saturated carbocycles. The van der Waals surface area contributed by atoms with Gasteiger partial charge in [0.25, 0.3) is 0 Å². The number of nitrogens with one attached hydrogen (secondary N) is 1. The molecule has 88 valence electrons. The van der Waals surface area contributed by atoms with E-state index in [-0.39, 0.29) is 11.3 Å². The van der Waals surface area contributed by atoms with Gasteiger partial charge in [0.2, 0.25) is 0 Å². The minimum absolute atomic E-state index is 0.0356. The summed E-state index contributed by atoms with van der Waals surface area (Å²) in [6, 6.07) is 7.79. The van der Waals surface area contributed by atoms with Gasteiger partial charge >= 0.3 is 5.97 Å². The Balaban J connectivity index is 2.22. The average Bonchev–Trinajstić information content (AvgIpc) is 2.80. The number of anilines is 1. The molecule has 0 aliphatic heterocycles. The SMILES string of the molecule is O=C(O)c1cccc(F)c1NCc1cccs1. The molecule has 1 heterocycles. The van der Waals surface area contributed by atoms with Crippen LogP contribution in [-0.2, 0) is 6.54 Å². The van der Waals surface area contributed by atoms with E-state index in [1.807, 2.05) is 17.5 Å². The van der Waals surface area contributed by atoms with Crippen LogP contribution < -0.4 is 5.32 Å². The minimum atomic E-state index is -1.14. The van der Waals surface area contributed by atoms with Crippen molar-refractivity contribution < 1.29 is 14.3 Å². The van der Waals surface area contributed by atoms with Crippen LogP contribution in [-0.4, -0.2) is 11.1 Å². The first-order valence-corrected chi connectivity index (χ1v) is 5.84. The molecular weight excluding hydrogens is 241 g/mol. The molecule has 2 rings (SSSR count). The molecule has 0 aliphatic rings. The lowest BCUT2D eigenvalue weighted by Crippen LogP contribution is -2.07. The number of carboxylic acids is 1. The molecular formula is C12H10FNO2S. The maximum Gasteiger partial charge on any atom is 0.337 e. The van der Waals surface area contributed by atoms with E-state index in [2.05, 4.69) is 5.32 Å². The van der Waals surface area contributed by atoms with Crippen LogP contribution in [0.2, 0.25) is 0 Å². The van der Waals surface area contributed by atoms with E-state index in [1.165, 1.54) is 29.5 Å². The molecule has 1 aromatic heterocycles. The lowest BCUT2D eigenvalue weighted by molar-refractivity contribution is 0.0697. The molecule has 0 unspecified atom stereocenters. The van der Waals surface area contributed by atoms with Gasteiger partial charge in [0.15, 0.2) is 0 Å². The molecule has 2 aromatic rings. The van der Waals surface area contributed by atoms with Gasteiger partial charge in [-0.05, 0) is 23.6 Å². The van der Waals surface area contributed by atoms with Crippen molar-refractivity contribution in [2.45, 2.75) is 6.54 Å². The van der Waals surface area contributed by atoms with Crippen LogP contribution in [0.25, 0.3) is 0 Å². The Kier molecular flexibility index (Phi) is 3.39. The second-order valence-electron chi connectivity index (χ2n) is 3.40. The monoisotopic (exact) mass is 251 g/mol. The number of para-hydroxylation sites is 1. The van der Waals surface area contributed by atoms with Gasteiger partial charge in [0, 0.05) is 11.4 Å². The first-order chi connectivity index (χ1) is 8.18. The summed E-state index contributed by atoms with van der Waals surface area (Å²) in [6.07, 6.45) is 0. The van der Waals surface area contributed by atoms with Crippen molar-refractivity contribution in [3.8, 4) is 0 Å². The smallest absolute Gasteiger partial charge is 0.337 e. The largest absolute Gasteiger partial charge is 0.478 e. The van der Waals surface area contributed by atoms with Gasteiger partial charge in [-0.15, -0.1) is 11.3 Å². The molecule has 5 heteroatoms. The van der Waals surface area contributed by atoms with Crippen molar-refractivity contribution in [3.05, 3.63) is 52.0 Å². The molecule has 3 nitrogen and oxygen atoms in total. The number of hydrogen-bond donors (Lipinski definition) is 2. The molecule has 0 spiro atoms. The van der Waals surface area contributed by atoms with E-state index < -0.39 is 11.8 Å². The quantitative estimate of drug-likeness (QED) is 0.877. The van der Waals surface area contributed by atoms with Gasteiger partial charge in [-0.25, -0.2) is 9.18 Å². The topological polar surface area (TPSA) is 49.3 Å². The van der Waals surface area contributed by atoms with Crippen molar-refractivity contribution in [1.82, 2.24) is 0 Å². The molecule has 17 heavy (non-hydrogen) atoms. The second kappa shape index (κ2) is 4.97. The van der Waals surface area contributed by atoms with Crippen LogP contribution >= 0.6 is 11.3 Å². The predicted octanol–water partition coefficient (Wildman–Crippen LogP) is 3.20. The fourth-order valence-corrected chi connectivity index (χ4v) is 2.12. The number of rotatable bonds is 4. The third-order valence-corrected chi connectivity index (χ3v) is 3.14. The zero-order valence-electron chi connectivity index (χ0n) is 8.81. The van der Waals surface area contributed by atoms with Crippen LogP contribution in [0.4, 0.5) is 10.1 Å². The third-order valence-electron chi connectivity index (χ3n) is 2.26. The highest BCUT2D eigenvalue weighted by molar-refractivity contribution is 7.09. The highest BCUT2D eigenvalue weighted by Crippen LogP contribution is 2.21. The zero-order valence-corrected chi connectivity index (χ0v) is 9.63. The van der Waals surface area contributed by atoms with E-state index in [4.69, 9.17) is 5.11 Å². The molecule has 0 fully saturated rings. The third kappa shape index (κ3) is 2.62. The summed E-state index contributed by atoms with van der Waals surface area (Å²) in [5.74, 6) is -1.69. The normalized spacial score (nSPS) is 10.2. The van der Waals surface area contributed by atoms with Crippen molar-refractivity contribution in [2.24, 2.45) is 0 Å². The second-order valence-corrected chi connectivity index (χ2v) is 4.43. The Labute approximate surface area is 102 Å². The fraction of sp³-hybridized carbons (Fsp3) is 0.0833. The van der Waals surface area contributed by atoms with Crippen molar-refractivity contribution in [2.75, 3.05) is 5.32 Å². The number of hydrogen-bond acceptors (Lipinski definition) is 3. The van der Waals surface area contributed by atoms with Crippen molar-refractivity contribution in [3.63, 3.8) is 0 Å². The zero-order chi connectivity index (χ0) is 12.3. The van der Waals surface area contributed by atoms with Gasteiger partial charge in [-0.1, -0.05) is 12.1 Å². The Morgan fingerprint density at radius 3 is 2.82 bits per heavy atom. The number of carbonyl (C=O) groups is 1. The first kappa shape index (κ1) is 11.6. The number of carboxylic acid groups (broad SMARTS) is 1. The van der Waals surface area contributed by atoms with Crippen LogP contribution in [0.1, 0.15) is 15.2 Å². The molecule has 0 saturated heterocycles. The maximum absolute atomic E-state index is 13.5. The van der Waals surface area contributed by atoms with E-state index in [0.717, 1.165) is 4.88 Å². The van der Waals surface area contributed by atoms with Gasteiger partial charge in [-0.3, -0.25) is 0 Å². The van der Waals surface area contributed by atoms with E-state index in [9.17, 15) is 9.18 Å². The highest BCUT2D eigenvalue weighted by Gasteiger charge is 2.13. The number of thiophene rings is 1. The highest BCUT2D eigenvalue weighted by atomic mass is 32.1. The van der Waals surface area contributed by atoms with Gasteiger partial charge in [0.05, 0.1) is 11.3 Å². The Morgan fingerprint density at radius 1 is 1.35 bits per heavy atom. The van der Waals surface area contributed by atoms with Crippen LogP contribution in [0.15, 0.2) is 35.7 Å². The summed E-state index contributed by atoms with van der Waals surface area (Å²) in [7, 11) is 0. The Bertz CT molecular complexity index is 525. The summed E-state index contributed by atoms with van der Waals surface area (Å²) in [6.45, 7) is 0.416. The van der Waals surface area contributed by atoms with E-state index >= 15 is 0 Å². The summed E-state index contributed by atoms with van der Waals surface area (Å²) in [5.41, 5.74) is -0.0186. The molecule has 0 radical (unpaired) electrons.